The van der Waals surface area contributed by atoms with Crippen molar-refractivity contribution in [3.8, 4) is 5.75 Å². The molecule has 114 valence electrons. The summed E-state index contributed by atoms with van der Waals surface area (Å²) in [6.07, 6.45) is -8.79. The van der Waals surface area contributed by atoms with E-state index < -0.39 is 38.2 Å². The predicted molar refractivity (Wildman–Crippen MR) is 61.5 cm³/mol. The second kappa shape index (κ2) is 5.98. The summed E-state index contributed by atoms with van der Waals surface area (Å²) in [6.45, 7) is 0. The second-order valence-corrected chi connectivity index (χ2v) is 6.30. The zero-order chi connectivity index (χ0) is 15.7. The number of ether oxygens (including phenoxy) is 1. The van der Waals surface area contributed by atoms with Crippen LogP contribution in [0.2, 0.25) is 0 Å². The zero-order valence-electron chi connectivity index (χ0n) is 9.09. The van der Waals surface area contributed by atoms with E-state index in [2.05, 4.69) is 25.7 Å². The number of alkyl halides is 6. The van der Waals surface area contributed by atoms with Crippen LogP contribution in [0.25, 0.3) is 0 Å². The minimum absolute atomic E-state index is 0.168. The normalized spacial score (nSPS) is 12.8. The van der Waals surface area contributed by atoms with Gasteiger partial charge < -0.3 is 4.74 Å². The van der Waals surface area contributed by atoms with Crippen molar-refractivity contribution in [1.29, 1.82) is 0 Å². The van der Waals surface area contributed by atoms with Crippen LogP contribution in [0.1, 0.15) is 17.7 Å². The lowest BCUT2D eigenvalue weighted by molar-refractivity contribution is -0.276. The first-order valence-corrected chi connectivity index (χ1v) is 7.97. The summed E-state index contributed by atoms with van der Waals surface area (Å²) in [4.78, 5) is 3.26. The Bertz CT molecular complexity index is 607. The van der Waals surface area contributed by atoms with Crippen LogP contribution >= 0.6 is 26.6 Å². The van der Waals surface area contributed by atoms with Crippen molar-refractivity contribution < 1.29 is 35.1 Å². The Labute approximate surface area is 122 Å². The average molecular weight is 405 g/mol. The number of pyridine rings is 1. The van der Waals surface area contributed by atoms with Crippen molar-refractivity contribution in [3.05, 3.63) is 17.3 Å². The van der Waals surface area contributed by atoms with Crippen LogP contribution in [0.3, 0.4) is 0 Å². The molecule has 4 nitrogen and oxygen atoms in total. The van der Waals surface area contributed by atoms with Gasteiger partial charge in [-0.05, 0) is 6.07 Å². The van der Waals surface area contributed by atoms with Crippen molar-refractivity contribution in [3.63, 3.8) is 0 Å². The maximum Gasteiger partial charge on any atom is 0.573 e. The van der Waals surface area contributed by atoms with E-state index in [0.717, 1.165) is 0 Å². The third-order valence-corrected chi connectivity index (χ3v) is 3.60. The van der Waals surface area contributed by atoms with Gasteiger partial charge in [0.25, 0.3) is 15.5 Å². The lowest BCUT2D eigenvalue weighted by atomic mass is 10.2. The third kappa shape index (κ3) is 4.42. The van der Waals surface area contributed by atoms with E-state index in [1.165, 1.54) is 0 Å². The summed E-state index contributed by atoms with van der Waals surface area (Å²) in [5.41, 5.74) is -1.51. The molecular weight excluding hydrogens is 401 g/mol. The van der Waals surface area contributed by atoms with Crippen LogP contribution in [0.5, 0.6) is 5.75 Å². The molecular formula is C8H4BrClF5NO3S. The van der Waals surface area contributed by atoms with E-state index in [4.69, 9.17) is 10.7 Å². The third-order valence-electron chi connectivity index (χ3n) is 1.84. The molecule has 1 heterocycles. The summed E-state index contributed by atoms with van der Waals surface area (Å²) in [7, 11) is 0.0878. The van der Waals surface area contributed by atoms with Crippen LogP contribution in [0.4, 0.5) is 22.0 Å². The quantitative estimate of drug-likeness (QED) is 0.436. The van der Waals surface area contributed by atoms with Gasteiger partial charge in [0.15, 0.2) is 5.75 Å². The number of aromatic nitrogens is 1. The van der Waals surface area contributed by atoms with Gasteiger partial charge in [0.05, 0.1) is 11.3 Å². The molecule has 0 N–H and O–H groups in total. The average Bonchev–Trinajstić information content (AvgIpc) is 2.25. The Balaban J connectivity index is 3.65. The molecule has 0 radical (unpaired) electrons. The van der Waals surface area contributed by atoms with Crippen molar-refractivity contribution in [2.24, 2.45) is 0 Å². The van der Waals surface area contributed by atoms with Crippen LogP contribution in [-0.4, -0.2) is 19.8 Å². The molecule has 0 unspecified atom stereocenters. The molecule has 0 aliphatic heterocycles. The lowest BCUT2D eigenvalue weighted by Gasteiger charge is -2.15. The summed E-state index contributed by atoms with van der Waals surface area (Å²) >= 11 is 2.82. The second-order valence-electron chi connectivity index (χ2n) is 3.26. The predicted octanol–water partition coefficient (Wildman–Crippen LogP) is 3.74. The van der Waals surface area contributed by atoms with Crippen LogP contribution in [0, 0.1) is 0 Å². The molecule has 0 atom stereocenters. The van der Waals surface area contributed by atoms with Gasteiger partial charge >= 0.3 is 6.36 Å². The van der Waals surface area contributed by atoms with Gasteiger partial charge in [-0.25, -0.2) is 22.2 Å². The van der Waals surface area contributed by atoms with Crippen molar-refractivity contribution in [1.82, 2.24) is 4.98 Å². The fourth-order valence-corrected chi connectivity index (χ4v) is 2.40. The minimum Gasteiger partial charge on any atom is -0.402 e. The maximum atomic E-state index is 12.8. The molecule has 1 rings (SSSR count). The van der Waals surface area contributed by atoms with E-state index in [1.54, 1.807) is 0 Å². The van der Waals surface area contributed by atoms with Gasteiger partial charge in [0, 0.05) is 16.0 Å². The Morgan fingerprint density at radius 2 is 1.95 bits per heavy atom. The Kier molecular flexibility index (Phi) is 5.19. The van der Waals surface area contributed by atoms with Gasteiger partial charge in [-0.2, -0.15) is 0 Å². The molecule has 20 heavy (non-hydrogen) atoms. The minimum atomic E-state index is -5.38. The maximum absolute atomic E-state index is 12.8. The summed E-state index contributed by atoms with van der Waals surface area (Å²) in [6, 6.07) is 0.589. The molecule has 0 amide bonds. The van der Waals surface area contributed by atoms with Crippen LogP contribution < -0.4 is 4.74 Å². The highest BCUT2D eigenvalue weighted by Crippen LogP contribution is 2.39. The number of halogens is 7. The van der Waals surface area contributed by atoms with Crippen LogP contribution in [-0.2, 0) is 14.4 Å². The number of rotatable bonds is 4. The van der Waals surface area contributed by atoms with E-state index in [0.29, 0.717) is 6.07 Å². The largest absolute Gasteiger partial charge is 0.573 e. The Morgan fingerprint density at radius 1 is 1.40 bits per heavy atom. The SMILES string of the molecule is O=S(=O)(Cl)c1nc(CBr)cc(C(F)F)c1OC(F)(F)F. The molecule has 0 saturated carbocycles. The van der Waals surface area contributed by atoms with Gasteiger partial charge in [-0.3, -0.25) is 0 Å². The first-order chi connectivity index (χ1) is 8.95. The molecule has 0 aliphatic rings. The molecule has 1 aromatic rings. The van der Waals surface area contributed by atoms with E-state index in [-0.39, 0.29) is 11.0 Å². The molecule has 1 aromatic heterocycles. The van der Waals surface area contributed by atoms with E-state index in [9.17, 15) is 30.4 Å². The highest BCUT2D eigenvalue weighted by Gasteiger charge is 2.37. The van der Waals surface area contributed by atoms with Crippen LogP contribution in [0.15, 0.2) is 11.1 Å². The molecule has 0 fully saturated rings. The Morgan fingerprint density at radius 3 is 2.30 bits per heavy atom. The number of hydrogen-bond donors (Lipinski definition) is 0. The smallest absolute Gasteiger partial charge is 0.402 e. The summed E-state index contributed by atoms with van der Waals surface area (Å²) < 4.78 is 87.8. The number of hydrogen-bond acceptors (Lipinski definition) is 4. The zero-order valence-corrected chi connectivity index (χ0v) is 12.2. The molecule has 0 spiro atoms. The molecule has 0 bridgehead atoms. The fraction of sp³-hybridized carbons (Fsp3) is 0.375. The lowest BCUT2D eigenvalue weighted by Crippen LogP contribution is -2.20. The van der Waals surface area contributed by atoms with Gasteiger partial charge in [-0.1, -0.05) is 15.9 Å². The van der Waals surface area contributed by atoms with Crippen molar-refractivity contribution >= 4 is 35.7 Å². The monoisotopic (exact) mass is 403 g/mol. The van der Waals surface area contributed by atoms with E-state index in [1.807, 2.05) is 0 Å². The first kappa shape index (κ1) is 17.4. The van der Waals surface area contributed by atoms with Crippen molar-refractivity contribution in [2.45, 2.75) is 23.1 Å². The van der Waals surface area contributed by atoms with E-state index >= 15 is 0 Å². The highest BCUT2D eigenvalue weighted by atomic mass is 79.9. The summed E-state index contributed by atoms with van der Waals surface area (Å²) in [5, 5.41) is -1.58. The molecule has 0 aromatic carbocycles. The van der Waals surface area contributed by atoms with Gasteiger partial charge in [-0.15, -0.1) is 13.2 Å². The summed E-state index contributed by atoms with van der Waals surface area (Å²) in [5.74, 6) is -1.63. The molecule has 12 heteroatoms. The molecule has 0 aliphatic carbocycles. The standard InChI is InChI=1S/C8H4BrClF5NO3S/c9-2-3-1-4(6(11)12)5(19-8(13,14)15)7(16-3)20(10,17)18/h1,6H,2H2. The highest BCUT2D eigenvalue weighted by molar-refractivity contribution is 9.08. The van der Waals surface area contributed by atoms with Crippen molar-refractivity contribution in [2.75, 3.05) is 0 Å². The fourth-order valence-electron chi connectivity index (χ4n) is 1.20. The topological polar surface area (TPSA) is 56.3 Å². The molecule has 0 saturated heterocycles. The number of nitrogens with zero attached hydrogens (tertiary/aromatic N) is 1. The first-order valence-electron chi connectivity index (χ1n) is 4.54. The van der Waals surface area contributed by atoms with Gasteiger partial charge in [0.2, 0.25) is 5.03 Å². The Hall–Kier alpha value is -0.680. The van der Waals surface area contributed by atoms with Gasteiger partial charge in [0.1, 0.15) is 0 Å².